The second-order valence-electron chi connectivity index (χ2n) is 6.11. The molecule has 0 aliphatic rings. The molecule has 1 aromatic heterocycles. The van der Waals surface area contributed by atoms with Crippen LogP contribution in [0, 0.1) is 0 Å². The van der Waals surface area contributed by atoms with Gasteiger partial charge in [-0.3, -0.25) is 4.79 Å². The molecule has 1 aromatic rings. The van der Waals surface area contributed by atoms with Crippen molar-refractivity contribution >= 4 is 34.9 Å². The Bertz CT molecular complexity index is 666. The van der Waals surface area contributed by atoms with E-state index in [1.165, 1.54) is 17.5 Å². The summed E-state index contributed by atoms with van der Waals surface area (Å²) in [6, 6.07) is 1.77. The molecular weight excluding hydrogens is 344 g/mol. The molecule has 0 fully saturated rings. The van der Waals surface area contributed by atoms with Crippen molar-refractivity contribution in [1.29, 1.82) is 0 Å². The van der Waals surface area contributed by atoms with Crippen LogP contribution in [0.2, 0.25) is 0 Å². The Morgan fingerprint density at radius 2 is 1.68 bits per heavy atom. The van der Waals surface area contributed by atoms with E-state index in [-0.39, 0.29) is 24.2 Å². The number of hydrogen-bond acceptors (Lipinski definition) is 7. The molecule has 0 unspecified atom stereocenters. The average Bonchev–Trinajstić information content (AvgIpc) is 2.92. The minimum absolute atomic E-state index is 0.120. The van der Waals surface area contributed by atoms with E-state index < -0.39 is 17.8 Å². The number of anilines is 1. The SMILES string of the molecule is CCOC(=O)C(=CNc1cc(C(C)(C)C)sc1C(N)=O)C(=O)OCC. The summed E-state index contributed by atoms with van der Waals surface area (Å²) >= 11 is 1.26. The van der Waals surface area contributed by atoms with Crippen LogP contribution in [0.15, 0.2) is 17.8 Å². The zero-order valence-electron chi connectivity index (χ0n) is 15.1. The van der Waals surface area contributed by atoms with E-state index in [1.54, 1.807) is 19.9 Å². The number of nitrogens with one attached hydrogen (secondary N) is 1. The number of ether oxygens (including phenoxy) is 2. The number of hydrogen-bond donors (Lipinski definition) is 2. The number of amides is 1. The quantitative estimate of drug-likeness (QED) is 0.331. The van der Waals surface area contributed by atoms with Crippen molar-refractivity contribution in [2.45, 2.75) is 40.0 Å². The Kier molecular flexibility index (Phi) is 7.17. The zero-order valence-corrected chi connectivity index (χ0v) is 15.9. The molecule has 0 aliphatic carbocycles. The fraction of sp³-hybridized carbons (Fsp3) is 0.471. The Morgan fingerprint density at radius 1 is 1.16 bits per heavy atom. The van der Waals surface area contributed by atoms with Crippen molar-refractivity contribution in [3.8, 4) is 0 Å². The number of primary amides is 1. The van der Waals surface area contributed by atoms with Gasteiger partial charge in [0, 0.05) is 11.1 Å². The summed E-state index contributed by atoms with van der Waals surface area (Å²) in [4.78, 5) is 36.8. The maximum absolute atomic E-state index is 11.9. The Labute approximate surface area is 151 Å². The molecule has 1 amide bonds. The van der Waals surface area contributed by atoms with Crippen LogP contribution in [0.25, 0.3) is 0 Å². The Hall–Kier alpha value is -2.35. The molecule has 25 heavy (non-hydrogen) atoms. The van der Waals surface area contributed by atoms with Crippen molar-refractivity contribution in [3.05, 3.63) is 27.6 Å². The first-order chi connectivity index (χ1) is 11.6. The van der Waals surface area contributed by atoms with Gasteiger partial charge in [-0.05, 0) is 25.3 Å². The molecule has 138 valence electrons. The highest BCUT2D eigenvalue weighted by Gasteiger charge is 2.24. The largest absolute Gasteiger partial charge is 0.462 e. The molecule has 1 rings (SSSR count). The van der Waals surface area contributed by atoms with Crippen LogP contribution in [-0.4, -0.2) is 31.1 Å². The molecule has 7 nitrogen and oxygen atoms in total. The first kappa shape index (κ1) is 20.7. The molecule has 1 heterocycles. The predicted molar refractivity (Wildman–Crippen MR) is 96.5 cm³/mol. The van der Waals surface area contributed by atoms with Crippen LogP contribution in [0.1, 0.15) is 49.2 Å². The van der Waals surface area contributed by atoms with Crippen molar-refractivity contribution in [2.24, 2.45) is 5.73 Å². The van der Waals surface area contributed by atoms with Crippen LogP contribution in [0.4, 0.5) is 5.69 Å². The van der Waals surface area contributed by atoms with Gasteiger partial charge in [0.2, 0.25) is 0 Å². The number of nitrogens with two attached hydrogens (primary N) is 1. The van der Waals surface area contributed by atoms with E-state index in [0.29, 0.717) is 10.6 Å². The van der Waals surface area contributed by atoms with E-state index >= 15 is 0 Å². The minimum atomic E-state index is -0.805. The number of carbonyl (C=O) groups excluding carboxylic acids is 3. The normalized spacial score (nSPS) is 10.8. The molecule has 0 spiro atoms. The number of esters is 2. The van der Waals surface area contributed by atoms with Gasteiger partial charge in [0.05, 0.1) is 18.9 Å². The third-order valence-corrected chi connectivity index (χ3v) is 4.63. The molecular formula is C17H24N2O5S. The zero-order chi connectivity index (χ0) is 19.2. The summed E-state index contributed by atoms with van der Waals surface area (Å²) in [5.41, 5.74) is 5.38. The van der Waals surface area contributed by atoms with Crippen LogP contribution in [0.5, 0.6) is 0 Å². The van der Waals surface area contributed by atoms with Gasteiger partial charge in [-0.2, -0.15) is 0 Å². The maximum Gasteiger partial charge on any atom is 0.347 e. The molecule has 0 saturated heterocycles. The Balaban J connectivity index is 3.21. The van der Waals surface area contributed by atoms with Gasteiger partial charge < -0.3 is 20.5 Å². The van der Waals surface area contributed by atoms with E-state index in [1.807, 2.05) is 20.8 Å². The summed E-state index contributed by atoms with van der Waals surface area (Å²) in [6.45, 7) is 9.52. The van der Waals surface area contributed by atoms with Crippen LogP contribution in [-0.2, 0) is 24.5 Å². The summed E-state index contributed by atoms with van der Waals surface area (Å²) < 4.78 is 9.72. The molecule has 0 aliphatic heterocycles. The van der Waals surface area contributed by atoms with Gasteiger partial charge in [-0.1, -0.05) is 20.8 Å². The van der Waals surface area contributed by atoms with Crippen LogP contribution < -0.4 is 11.1 Å². The highest BCUT2D eigenvalue weighted by Crippen LogP contribution is 2.35. The first-order valence-corrected chi connectivity index (χ1v) is 8.68. The number of carbonyl (C=O) groups is 3. The van der Waals surface area contributed by atoms with E-state index in [2.05, 4.69) is 5.32 Å². The van der Waals surface area contributed by atoms with Gasteiger partial charge in [-0.15, -0.1) is 11.3 Å². The molecule has 0 aromatic carbocycles. The highest BCUT2D eigenvalue weighted by molar-refractivity contribution is 7.14. The average molecular weight is 368 g/mol. The lowest BCUT2D eigenvalue weighted by Gasteiger charge is -2.15. The molecule has 0 atom stereocenters. The van der Waals surface area contributed by atoms with Gasteiger partial charge >= 0.3 is 11.9 Å². The number of rotatable bonds is 7. The Morgan fingerprint density at radius 3 is 2.08 bits per heavy atom. The second kappa shape index (κ2) is 8.66. The maximum atomic E-state index is 11.9. The molecule has 0 bridgehead atoms. The molecule has 3 N–H and O–H groups in total. The molecule has 0 radical (unpaired) electrons. The fourth-order valence-corrected chi connectivity index (χ4v) is 2.85. The van der Waals surface area contributed by atoms with Crippen molar-refractivity contribution in [1.82, 2.24) is 0 Å². The van der Waals surface area contributed by atoms with Gasteiger partial charge in [0.25, 0.3) is 5.91 Å². The van der Waals surface area contributed by atoms with Crippen LogP contribution in [0.3, 0.4) is 0 Å². The van der Waals surface area contributed by atoms with Crippen molar-refractivity contribution < 1.29 is 23.9 Å². The summed E-state index contributed by atoms with van der Waals surface area (Å²) in [5, 5.41) is 2.81. The van der Waals surface area contributed by atoms with E-state index in [4.69, 9.17) is 15.2 Å². The topological polar surface area (TPSA) is 108 Å². The summed E-state index contributed by atoms with van der Waals surface area (Å²) in [6.07, 6.45) is 1.18. The lowest BCUT2D eigenvalue weighted by molar-refractivity contribution is -0.146. The molecule has 0 saturated carbocycles. The van der Waals surface area contributed by atoms with Crippen molar-refractivity contribution in [3.63, 3.8) is 0 Å². The van der Waals surface area contributed by atoms with Gasteiger partial charge in [0.1, 0.15) is 4.88 Å². The smallest absolute Gasteiger partial charge is 0.347 e. The van der Waals surface area contributed by atoms with E-state index in [0.717, 1.165) is 4.88 Å². The third-order valence-electron chi connectivity index (χ3n) is 3.06. The third kappa shape index (κ3) is 5.60. The second-order valence-corrected chi connectivity index (χ2v) is 7.16. The standard InChI is InChI=1S/C17H24N2O5S/c1-6-23-15(21)10(16(22)24-7-2)9-19-11-8-12(17(3,4)5)25-13(11)14(18)20/h8-9,19H,6-7H2,1-5H3,(H2,18,20). The fourth-order valence-electron chi connectivity index (χ4n) is 1.82. The lowest BCUT2D eigenvalue weighted by atomic mass is 9.94. The first-order valence-electron chi connectivity index (χ1n) is 7.86. The highest BCUT2D eigenvalue weighted by atomic mass is 32.1. The predicted octanol–water partition coefficient (Wildman–Crippen LogP) is 2.57. The van der Waals surface area contributed by atoms with Crippen LogP contribution >= 0.6 is 11.3 Å². The molecule has 8 heteroatoms. The van der Waals surface area contributed by atoms with E-state index in [9.17, 15) is 14.4 Å². The van der Waals surface area contributed by atoms with Gasteiger partial charge in [0.15, 0.2) is 5.57 Å². The minimum Gasteiger partial charge on any atom is -0.462 e. The summed E-state index contributed by atoms with van der Waals surface area (Å²) in [7, 11) is 0. The lowest BCUT2D eigenvalue weighted by Crippen LogP contribution is -2.19. The summed E-state index contributed by atoms with van der Waals surface area (Å²) in [5.74, 6) is -2.20. The monoisotopic (exact) mass is 368 g/mol. The number of thiophene rings is 1. The van der Waals surface area contributed by atoms with Crippen molar-refractivity contribution in [2.75, 3.05) is 18.5 Å². The van der Waals surface area contributed by atoms with Gasteiger partial charge in [-0.25, -0.2) is 9.59 Å².